The maximum atomic E-state index is 5.03. The summed E-state index contributed by atoms with van der Waals surface area (Å²) in [5.41, 5.74) is 7.67. The van der Waals surface area contributed by atoms with E-state index in [2.05, 4.69) is 164 Å². The highest BCUT2D eigenvalue weighted by Gasteiger charge is 2.22. The Kier molecular flexibility index (Phi) is 7.98. The first-order valence-electron chi connectivity index (χ1n) is 22.6. The molecule has 3 nitrogen and oxygen atoms in total. The molecule has 0 aliphatic carbocycles. The van der Waals surface area contributed by atoms with Crippen LogP contribution >= 0.6 is 0 Å². The molecule has 0 amide bonds. The molecule has 0 aliphatic heterocycles. The van der Waals surface area contributed by atoms with Crippen molar-refractivity contribution in [1.82, 2.24) is 15.0 Å². The second-order valence-electron chi connectivity index (χ2n) is 17.4. The Bertz CT molecular complexity index is 4140. The van der Waals surface area contributed by atoms with Crippen molar-refractivity contribution in [3.8, 4) is 56.4 Å². The summed E-state index contributed by atoms with van der Waals surface area (Å²) in [7, 11) is 0. The summed E-state index contributed by atoms with van der Waals surface area (Å²) in [5.74, 6) is 1.94. The van der Waals surface area contributed by atoms with E-state index in [9.17, 15) is 0 Å². The molecule has 304 valence electrons. The molecule has 0 N–H and O–H groups in total. The lowest BCUT2D eigenvalue weighted by Crippen LogP contribution is -2.00. The van der Waals surface area contributed by atoms with Crippen LogP contribution in [0.1, 0.15) is 0 Å². The standard InChI is InChI=1S/C63H37N3/c1-3-15-41(16-4-1)61-64-62(42-17-5-2-6-18-42)66-63(65-61)43-35-33-40(34-36-43)55-45-22-7-9-24-50(45)59(51-25-10-8-23-46(51)55)54-37-44-21-13-28-48-47-26-11-19-38-31-32-39-20-12-27-49(57(39)56(38)47)52-29-14-30-53(54)60(52)58(44)48/h1-37H. The lowest BCUT2D eigenvalue weighted by Gasteiger charge is -2.21. The summed E-state index contributed by atoms with van der Waals surface area (Å²) in [4.78, 5) is 15.0. The second kappa shape index (κ2) is 14.4. The van der Waals surface area contributed by atoms with E-state index >= 15 is 0 Å². The first kappa shape index (κ1) is 36.7. The van der Waals surface area contributed by atoms with Gasteiger partial charge >= 0.3 is 0 Å². The van der Waals surface area contributed by atoms with Gasteiger partial charge in [0.05, 0.1) is 0 Å². The third kappa shape index (κ3) is 5.47. The number of rotatable bonds is 5. The fourth-order valence-corrected chi connectivity index (χ4v) is 11.0. The maximum Gasteiger partial charge on any atom is 0.164 e. The average molecular weight is 836 g/mol. The number of fused-ring (bicyclic) bond motifs is 4. The third-order valence-corrected chi connectivity index (χ3v) is 13.8. The minimum absolute atomic E-state index is 0.640. The van der Waals surface area contributed by atoms with Crippen molar-refractivity contribution in [3.63, 3.8) is 0 Å². The predicted molar refractivity (Wildman–Crippen MR) is 278 cm³/mol. The molecule has 0 aliphatic rings. The van der Waals surface area contributed by atoms with Crippen LogP contribution in [0.3, 0.4) is 0 Å². The Hall–Kier alpha value is -8.79. The largest absolute Gasteiger partial charge is 0.208 e. The van der Waals surface area contributed by atoms with Crippen molar-refractivity contribution < 1.29 is 0 Å². The topological polar surface area (TPSA) is 38.7 Å². The highest BCUT2D eigenvalue weighted by atomic mass is 15.0. The van der Waals surface area contributed by atoms with Crippen LogP contribution in [0.4, 0.5) is 0 Å². The van der Waals surface area contributed by atoms with Crippen LogP contribution in [0.15, 0.2) is 224 Å². The van der Waals surface area contributed by atoms with Crippen LogP contribution in [0.5, 0.6) is 0 Å². The summed E-state index contributed by atoms with van der Waals surface area (Å²) in [6.45, 7) is 0. The van der Waals surface area contributed by atoms with Crippen LogP contribution in [0.2, 0.25) is 0 Å². The quantitative estimate of drug-likeness (QED) is 0.128. The summed E-state index contributed by atoms with van der Waals surface area (Å²) in [6, 6.07) is 81.5. The SMILES string of the molecule is c1ccc(-c2nc(-c3ccccc3)nc(-c3ccc(-c4c5ccccc5c(-c5cc6cccc7c8cccc9ccc%10cccc(c%11cccc5c%11c67)c%10c98)c5ccccc45)cc3)n2)cc1. The van der Waals surface area contributed by atoms with Gasteiger partial charge < -0.3 is 0 Å². The van der Waals surface area contributed by atoms with Gasteiger partial charge in [0, 0.05) is 16.7 Å². The Balaban J connectivity index is 1.01. The van der Waals surface area contributed by atoms with E-state index in [0.29, 0.717) is 17.5 Å². The molecule has 0 atom stereocenters. The van der Waals surface area contributed by atoms with E-state index in [1.165, 1.54) is 103 Å². The van der Waals surface area contributed by atoms with E-state index in [4.69, 9.17) is 15.0 Å². The molecule has 0 saturated carbocycles. The Morgan fingerprint density at radius 1 is 0.212 bits per heavy atom. The smallest absolute Gasteiger partial charge is 0.164 e. The van der Waals surface area contributed by atoms with Crippen LogP contribution < -0.4 is 0 Å². The molecular weight excluding hydrogens is 799 g/mol. The van der Waals surface area contributed by atoms with Crippen molar-refractivity contribution in [2.75, 3.05) is 0 Å². The van der Waals surface area contributed by atoms with Gasteiger partial charge in [0.2, 0.25) is 0 Å². The molecule has 14 aromatic rings. The maximum absolute atomic E-state index is 5.03. The van der Waals surface area contributed by atoms with E-state index in [-0.39, 0.29) is 0 Å². The number of nitrogens with zero attached hydrogens (tertiary/aromatic N) is 3. The summed E-state index contributed by atoms with van der Waals surface area (Å²) < 4.78 is 0. The fraction of sp³-hybridized carbons (Fsp3) is 0. The zero-order valence-electron chi connectivity index (χ0n) is 35.7. The number of benzene rings is 12. The first-order chi connectivity index (χ1) is 32.7. The minimum atomic E-state index is 0.640. The van der Waals surface area contributed by atoms with E-state index in [1.807, 2.05) is 60.7 Å². The van der Waals surface area contributed by atoms with E-state index < -0.39 is 0 Å². The van der Waals surface area contributed by atoms with Gasteiger partial charge in [-0.2, -0.15) is 0 Å². The molecular formula is C63H37N3. The van der Waals surface area contributed by atoms with Crippen molar-refractivity contribution in [1.29, 1.82) is 0 Å². The number of hydrogen-bond acceptors (Lipinski definition) is 3. The molecule has 0 bridgehead atoms. The molecule has 0 saturated heterocycles. The van der Waals surface area contributed by atoms with Crippen molar-refractivity contribution >= 4 is 86.2 Å². The second-order valence-corrected chi connectivity index (χ2v) is 17.4. The Labute approximate surface area is 380 Å². The Morgan fingerprint density at radius 2 is 0.561 bits per heavy atom. The molecule has 0 spiro atoms. The summed E-state index contributed by atoms with van der Waals surface area (Å²) >= 11 is 0. The van der Waals surface area contributed by atoms with E-state index in [1.54, 1.807) is 0 Å². The monoisotopic (exact) mass is 835 g/mol. The number of aromatic nitrogens is 3. The number of hydrogen-bond donors (Lipinski definition) is 0. The molecule has 0 unspecified atom stereocenters. The van der Waals surface area contributed by atoms with Crippen LogP contribution in [0, 0.1) is 0 Å². The lowest BCUT2D eigenvalue weighted by atomic mass is 9.82. The van der Waals surface area contributed by atoms with Gasteiger partial charge in [0.25, 0.3) is 0 Å². The molecule has 1 aromatic heterocycles. The van der Waals surface area contributed by atoms with Gasteiger partial charge in [0.1, 0.15) is 0 Å². The van der Waals surface area contributed by atoms with Gasteiger partial charge in [-0.05, 0) is 114 Å². The predicted octanol–water partition coefficient (Wildman–Crippen LogP) is 16.9. The van der Waals surface area contributed by atoms with Crippen LogP contribution in [-0.2, 0) is 0 Å². The van der Waals surface area contributed by atoms with Gasteiger partial charge in [-0.1, -0.05) is 218 Å². The van der Waals surface area contributed by atoms with Gasteiger partial charge in [-0.3, -0.25) is 0 Å². The van der Waals surface area contributed by atoms with Gasteiger partial charge in [0.15, 0.2) is 17.5 Å². The lowest BCUT2D eigenvalue weighted by molar-refractivity contribution is 1.07. The minimum Gasteiger partial charge on any atom is -0.208 e. The van der Waals surface area contributed by atoms with E-state index in [0.717, 1.165) is 22.3 Å². The average Bonchev–Trinajstić information content (AvgIpc) is 3.39. The first-order valence-corrected chi connectivity index (χ1v) is 22.6. The highest BCUT2D eigenvalue weighted by molar-refractivity contribution is 6.39. The fourth-order valence-electron chi connectivity index (χ4n) is 11.0. The normalized spacial score (nSPS) is 11.9. The summed E-state index contributed by atoms with van der Waals surface area (Å²) in [5, 5.41) is 20.3. The Morgan fingerprint density at radius 3 is 1.06 bits per heavy atom. The zero-order valence-corrected chi connectivity index (χ0v) is 35.7. The van der Waals surface area contributed by atoms with Crippen LogP contribution in [0.25, 0.3) is 143 Å². The van der Waals surface area contributed by atoms with Crippen LogP contribution in [-0.4, -0.2) is 15.0 Å². The highest BCUT2D eigenvalue weighted by Crippen LogP contribution is 2.50. The third-order valence-electron chi connectivity index (χ3n) is 13.8. The van der Waals surface area contributed by atoms with Gasteiger partial charge in [-0.15, -0.1) is 0 Å². The molecule has 3 heteroatoms. The molecule has 0 radical (unpaired) electrons. The van der Waals surface area contributed by atoms with Crippen molar-refractivity contribution in [2.45, 2.75) is 0 Å². The van der Waals surface area contributed by atoms with Gasteiger partial charge in [-0.25, -0.2) is 15.0 Å². The molecule has 13 aromatic carbocycles. The molecule has 1 heterocycles. The van der Waals surface area contributed by atoms with Crippen molar-refractivity contribution in [3.05, 3.63) is 224 Å². The molecule has 0 fully saturated rings. The molecule has 66 heavy (non-hydrogen) atoms. The van der Waals surface area contributed by atoms with Crippen molar-refractivity contribution in [2.24, 2.45) is 0 Å². The summed E-state index contributed by atoms with van der Waals surface area (Å²) in [6.07, 6.45) is 0. The zero-order chi connectivity index (χ0) is 43.3. The molecule has 14 rings (SSSR count).